The average Bonchev–Trinajstić information content (AvgIpc) is 2.85. The van der Waals surface area contributed by atoms with Crippen molar-refractivity contribution in [2.45, 2.75) is 33.2 Å². The van der Waals surface area contributed by atoms with E-state index in [2.05, 4.69) is 10.5 Å². The fourth-order valence-corrected chi connectivity index (χ4v) is 2.56. The van der Waals surface area contributed by atoms with E-state index in [1.54, 1.807) is 24.3 Å². The summed E-state index contributed by atoms with van der Waals surface area (Å²) < 4.78 is 5.12. The zero-order chi connectivity index (χ0) is 17.0. The van der Waals surface area contributed by atoms with Gasteiger partial charge in [0.1, 0.15) is 5.76 Å². The third-order valence-corrected chi connectivity index (χ3v) is 4.16. The molecule has 0 aliphatic rings. The maximum absolute atomic E-state index is 12.4. The molecule has 0 spiro atoms. The molecular weight excluding hydrogens is 316 g/mol. The second-order valence-electron chi connectivity index (χ2n) is 5.70. The van der Waals surface area contributed by atoms with Crippen LogP contribution in [0.4, 0.5) is 0 Å². The highest BCUT2D eigenvalue weighted by molar-refractivity contribution is 6.30. The number of benzene rings is 1. The lowest BCUT2D eigenvalue weighted by Gasteiger charge is -2.20. The Morgan fingerprint density at radius 2 is 2.00 bits per heavy atom. The number of carbonyl (C=O) groups excluding carboxylic acids is 1. The van der Waals surface area contributed by atoms with Gasteiger partial charge in [-0.2, -0.15) is 0 Å². The first-order chi connectivity index (χ1) is 10.9. The van der Waals surface area contributed by atoms with Crippen molar-refractivity contribution in [3.8, 4) is 0 Å². The van der Waals surface area contributed by atoms with Crippen molar-refractivity contribution in [1.82, 2.24) is 10.5 Å². The van der Waals surface area contributed by atoms with Gasteiger partial charge >= 0.3 is 0 Å². The van der Waals surface area contributed by atoms with Crippen molar-refractivity contribution in [1.29, 1.82) is 0 Å². The molecule has 2 rings (SSSR count). The maximum atomic E-state index is 12.4. The lowest BCUT2D eigenvalue weighted by atomic mass is 9.98. The van der Waals surface area contributed by atoms with Gasteiger partial charge in [0.25, 0.3) is 0 Å². The lowest BCUT2D eigenvalue weighted by Crippen LogP contribution is -2.35. The molecule has 0 fully saturated rings. The largest absolute Gasteiger partial charge is 0.394 e. The number of aromatic nitrogens is 1. The smallest absolute Gasteiger partial charge is 0.223 e. The number of rotatable bonds is 6. The molecule has 0 aliphatic carbocycles. The Morgan fingerprint density at radius 1 is 1.35 bits per heavy atom. The van der Waals surface area contributed by atoms with Gasteiger partial charge in [0.15, 0.2) is 0 Å². The lowest BCUT2D eigenvalue weighted by molar-refractivity contribution is -0.125. The molecule has 2 aromatic rings. The van der Waals surface area contributed by atoms with E-state index in [1.165, 1.54) is 0 Å². The van der Waals surface area contributed by atoms with E-state index in [0.717, 1.165) is 22.6 Å². The number of carbonyl (C=O) groups is 1. The van der Waals surface area contributed by atoms with Crippen molar-refractivity contribution >= 4 is 17.5 Å². The highest BCUT2D eigenvalue weighted by Gasteiger charge is 2.21. The number of hydrogen-bond donors (Lipinski definition) is 2. The standard InChI is InChI=1S/C17H21ClN2O3/c1-10(8-15-11(2)20-23-12(15)3)17(22)19-16(9-21)13-4-6-14(18)7-5-13/h4-7,10,16,21H,8-9H2,1-3H3,(H,19,22). The molecule has 0 radical (unpaired) electrons. The molecule has 2 N–H and O–H groups in total. The normalized spacial score (nSPS) is 13.6. The number of aliphatic hydroxyl groups excluding tert-OH is 1. The summed E-state index contributed by atoms with van der Waals surface area (Å²) in [5.41, 5.74) is 2.58. The van der Waals surface area contributed by atoms with Crippen LogP contribution in [0.2, 0.25) is 5.02 Å². The predicted octanol–water partition coefficient (Wildman–Crippen LogP) is 2.97. The third-order valence-electron chi connectivity index (χ3n) is 3.91. The molecule has 0 saturated heterocycles. The van der Waals surface area contributed by atoms with E-state index in [4.69, 9.17) is 16.1 Å². The van der Waals surface area contributed by atoms with Crippen LogP contribution in [0, 0.1) is 19.8 Å². The number of aliphatic hydroxyl groups is 1. The molecular formula is C17H21ClN2O3. The Hall–Kier alpha value is -1.85. The van der Waals surface area contributed by atoms with E-state index in [9.17, 15) is 9.90 Å². The Bertz CT molecular complexity index is 647. The van der Waals surface area contributed by atoms with E-state index in [1.807, 2.05) is 20.8 Å². The first kappa shape index (κ1) is 17.5. The highest BCUT2D eigenvalue weighted by Crippen LogP contribution is 2.20. The van der Waals surface area contributed by atoms with Gasteiger partial charge in [0.05, 0.1) is 18.3 Å². The quantitative estimate of drug-likeness (QED) is 0.850. The molecule has 1 aromatic heterocycles. The van der Waals surface area contributed by atoms with Crippen LogP contribution in [-0.4, -0.2) is 22.8 Å². The van der Waals surface area contributed by atoms with Crippen molar-refractivity contribution in [2.75, 3.05) is 6.61 Å². The van der Waals surface area contributed by atoms with Gasteiger partial charge in [-0.05, 0) is 38.0 Å². The minimum atomic E-state index is -0.452. The molecule has 5 nitrogen and oxygen atoms in total. The summed E-state index contributed by atoms with van der Waals surface area (Å²) in [5, 5.41) is 16.9. The minimum absolute atomic E-state index is 0.126. The second-order valence-corrected chi connectivity index (χ2v) is 6.14. The van der Waals surface area contributed by atoms with Crippen LogP contribution in [0.1, 0.15) is 35.5 Å². The van der Waals surface area contributed by atoms with Gasteiger partial charge in [0.2, 0.25) is 5.91 Å². The topological polar surface area (TPSA) is 75.4 Å². The first-order valence-corrected chi connectivity index (χ1v) is 7.88. The van der Waals surface area contributed by atoms with Gasteiger partial charge in [-0.15, -0.1) is 0 Å². The summed E-state index contributed by atoms with van der Waals surface area (Å²) in [6, 6.07) is 6.61. The van der Waals surface area contributed by atoms with Crippen LogP contribution in [0.5, 0.6) is 0 Å². The Balaban J connectivity index is 2.03. The molecule has 0 bridgehead atoms. The molecule has 1 aromatic carbocycles. The Labute approximate surface area is 140 Å². The zero-order valence-electron chi connectivity index (χ0n) is 13.5. The van der Waals surface area contributed by atoms with E-state index < -0.39 is 6.04 Å². The summed E-state index contributed by atoms with van der Waals surface area (Å²) >= 11 is 5.86. The van der Waals surface area contributed by atoms with E-state index in [-0.39, 0.29) is 18.4 Å². The minimum Gasteiger partial charge on any atom is -0.394 e. The van der Waals surface area contributed by atoms with Crippen LogP contribution in [0.3, 0.4) is 0 Å². The Morgan fingerprint density at radius 3 is 2.52 bits per heavy atom. The highest BCUT2D eigenvalue weighted by atomic mass is 35.5. The van der Waals surface area contributed by atoms with Crippen LogP contribution < -0.4 is 5.32 Å². The maximum Gasteiger partial charge on any atom is 0.223 e. The predicted molar refractivity (Wildman–Crippen MR) is 88.3 cm³/mol. The fraction of sp³-hybridized carbons (Fsp3) is 0.412. The number of amides is 1. The second kappa shape index (κ2) is 7.62. The number of aryl methyl sites for hydroxylation is 2. The number of nitrogens with zero attached hydrogens (tertiary/aromatic N) is 1. The molecule has 2 atom stereocenters. The number of nitrogens with one attached hydrogen (secondary N) is 1. The van der Waals surface area contributed by atoms with Gasteiger partial charge in [-0.1, -0.05) is 35.8 Å². The molecule has 1 heterocycles. The molecule has 23 heavy (non-hydrogen) atoms. The average molecular weight is 337 g/mol. The Kier molecular flexibility index (Phi) is 5.80. The van der Waals surface area contributed by atoms with Crippen molar-refractivity contribution in [3.05, 3.63) is 51.9 Å². The molecule has 124 valence electrons. The van der Waals surface area contributed by atoms with Crippen LogP contribution in [-0.2, 0) is 11.2 Å². The van der Waals surface area contributed by atoms with Gasteiger partial charge in [-0.3, -0.25) is 4.79 Å². The molecule has 0 saturated carbocycles. The molecule has 0 aliphatic heterocycles. The summed E-state index contributed by atoms with van der Waals surface area (Å²) in [7, 11) is 0. The summed E-state index contributed by atoms with van der Waals surface area (Å²) in [4.78, 5) is 12.4. The fourth-order valence-electron chi connectivity index (χ4n) is 2.44. The number of hydrogen-bond acceptors (Lipinski definition) is 4. The monoisotopic (exact) mass is 336 g/mol. The van der Waals surface area contributed by atoms with Crippen molar-refractivity contribution in [3.63, 3.8) is 0 Å². The third kappa shape index (κ3) is 4.33. The van der Waals surface area contributed by atoms with Crippen LogP contribution in [0.15, 0.2) is 28.8 Å². The van der Waals surface area contributed by atoms with E-state index >= 15 is 0 Å². The summed E-state index contributed by atoms with van der Waals surface area (Å²) in [5.74, 6) is 0.353. The molecule has 1 amide bonds. The summed E-state index contributed by atoms with van der Waals surface area (Å²) in [6.07, 6.45) is 0.547. The van der Waals surface area contributed by atoms with Gasteiger partial charge in [0, 0.05) is 16.5 Å². The van der Waals surface area contributed by atoms with Gasteiger partial charge in [-0.25, -0.2) is 0 Å². The van der Waals surface area contributed by atoms with Crippen molar-refractivity contribution < 1.29 is 14.4 Å². The number of halogens is 1. The van der Waals surface area contributed by atoms with Crippen LogP contribution in [0.25, 0.3) is 0 Å². The van der Waals surface area contributed by atoms with Gasteiger partial charge < -0.3 is 14.9 Å². The zero-order valence-corrected chi connectivity index (χ0v) is 14.2. The SMILES string of the molecule is Cc1noc(C)c1CC(C)C(=O)NC(CO)c1ccc(Cl)cc1. The molecule has 2 unspecified atom stereocenters. The van der Waals surface area contributed by atoms with Crippen molar-refractivity contribution in [2.24, 2.45) is 5.92 Å². The van der Waals surface area contributed by atoms with Crippen LogP contribution >= 0.6 is 11.6 Å². The van der Waals surface area contributed by atoms with E-state index in [0.29, 0.717) is 11.4 Å². The summed E-state index contributed by atoms with van der Waals surface area (Å²) in [6.45, 7) is 5.37. The first-order valence-electron chi connectivity index (χ1n) is 7.50. The molecule has 6 heteroatoms.